The number of nitrogens with one attached hydrogen (secondary N) is 1. The summed E-state index contributed by atoms with van der Waals surface area (Å²) in [7, 11) is -3.76. The van der Waals surface area contributed by atoms with E-state index in [9.17, 15) is 13.2 Å². The van der Waals surface area contributed by atoms with Crippen molar-refractivity contribution in [2.75, 3.05) is 11.9 Å². The number of hydrogen-bond acceptors (Lipinski definition) is 5. The number of halogens is 1. The highest BCUT2D eigenvalue weighted by molar-refractivity contribution is 7.91. The van der Waals surface area contributed by atoms with E-state index >= 15 is 0 Å². The molecule has 0 saturated heterocycles. The van der Waals surface area contributed by atoms with Gasteiger partial charge in [0.05, 0.1) is 21.4 Å². The van der Waals surface area contributed by atoms with Crippen LogP contribution < -0.4 is 10.1 Å². The van der Waals surface area contributed by atoms with E-state index in [0.717, 1.165) is 12.0 Å². The van der Waals surface area contributed by atoms with Crippen LogP contribution in [0.2, 0.25) is 5.02 Å². The first kappa shape index (κ1) is 22.5. The maximum atomic E-state index is 12.9. The lowest BCUT2D eigenvalue weighted by atomic mass is 10.2. The highest BCUT2D eigenvalue weighted by atomic mass is 35.5. The molecule has 1 amide bonds. The number of benzene rings is 2. The molecule has 0 bridgehead atoms. The third kappa shape index (κ3) is 5.93. The van der Waals surface area contributed by atoms with Crippen molar-refractivity contribution in [1.29, 1.82) is 0 Å². The van der Waals surface area contributed by atoms with E-state index in [0.29, 0.717) is 18.0 Å². The Kier molecular flexibility index (Phi) is 7.44. The second-order valence-electron chi connectivity index (χ2n) is 6.58. The van der Waals surface area contributed by atoms with Gasteiger partial charge in [-0.25, -0.2) is 8.42 Å². The Hall–Kier alpha value is -3.16. The first-order chi connectivity index (χ1) is 14.9. The molecule has 1 heterocycles. The molecule has 3 aromatic rings. The van der Waals surface area contributed by atoms with Crippen molar-refractivity contribution in [2.45, 2.75) is 23.1 Å². The first-order valence-electron chi connectivity index (χ1n) is 9.57. The standard InChI is InChI=1S/C23H21ClN2O4S/c1-2-14-30-22-11-10-20(15-21(22)24)31(28,29)19-8-6-18(7-9-19)26-23(27)12-5-17-4-3-13-25-16-17/h3-13,15-16H,2,14H2,1H3,(H,26,27)/b12-5+. The first-order valence-corrected chi connectivity index (χ1v) is 11.4. The van der Waals surface area contributed by atoms with Crippen LogP contribution in [0.3, 0.4) is 0 Å². The third-order valence-corrected chi connectivity index (χ3v) is 6.28. The Morgan fingerprint density at radius 3 is 2.52 bits per heavy atom. The van der Waals surface area contributed by atoms with Gasteiger partial charge >= 0.3 is 0 Å². The summed E-state index contributed by atoms with van der Waals surface area (Å²) < 4.78 is 31.3. The number of amides is 1. The summed E-state index contributed by atoms with van der Waals surface area (Å²) in [5, 5.41) is 2.92. The van der Waals surface area contributed by atoms with E-state index in [1.165, 1.54) is 42.5 Å². The zero-order chi connectivity index (χ0) is 22.3. The van der Waals surface area contributed by atoms with E-state index in [1.807, 2.05) is 13.0 Å². The molecular weight excluding hydrogens is 436 g/mol. The molecule has 0 aliphatic rings. The highest BCUT2D eigenvalue weighted by Gasteiger charge is 2.19. The summed E-state index contributed by atoms with van der Waals surface area (Å²) in [4.78, 5) is 16.2. The SMILES string of the molecule is CCCOc1ccc(S(=O)(=O)c2ccc(NC(=O)/C=C/c3cccnc3)cc2)cc1Cl. The lowest BCUT2D eigenvalue weighted by Crippen LogP contribution is -2.08. The Balaban J connectivity index is 1.70. The Morgan fingerprint density at radius 2 is 1.87 bits per heavy atom. The number of ether oxygens (including phenoxy) is 1. The fourth-order valence-electron chi connectivity index (χ4n) is 2.66. The van der Waals surface area contributed by atoms with Crippen LogP contribution in [0.1, 0.15) is 18.9 Å². The summed E-state index contributed by atoms with van der Waals surface area (Å²) in [5.74, 6) is 0.105. The molecule has 0 unspecified atom stereocenters. The molecule has 3 rings (SSSR count). The molecule has 0 fully saturated rings. The molecule has 8 heteroatoms. The van der Waals surface area contributed by atoms with Crippen LogP contribution in [0.5, 0.6) is 5.75 Å². The van der Waals surface area contributed by atoms with Crippen molar-refractivity contribution in [1.82, 2.24) is 4.98 Å². The summed E-state index contributed by atoms with van der Waals surface area (Å²) in [5.41, 5.74) is 1.27. The van der Waals surface area contributed by atoms with Gasteiger partial charge in [-0.15, -0.1) is 0 Å². The van der Waals surface area contributed by atoms with Crippen molar-refractivity contribution in [2.24, 2.45) is 0 Å². The molecule has 0 saturated carbocycles. The average molecular weight is 457 g/mol. The molecule has 2 aromatic carbocycles. The fourth-order valence-corrected chi connectivity index (χ4v) is 4.25. The molecule has 6 nitrogen and oxygen atoms in total. The smallest absolute Gasteiger partial charge is 0.248 e. The molecule has 0 radical (unpaired) electrons. The van der Waals surface area contributed by atoms with E-state index in [1.54, 1.807) is 30.6 Å². The molecule has 31 heavy (non-hydrogen) atoms. The van der Waals surface area contributed by atoms with Crippen molar-refractivity contribution in [3.8, 4) is 5.75 Å². The van der Waals surface area contributed by atoms with Gasteiger partial charge < -0.3 is 10.1 Å². The number of rotatable bonds is 8. The molecule has 0 aliphatic heterocycles. The fraction of sp³-hybridized carbons (Fsp3) is 0.130. The maximum Gasteiger partial charge on any atom is 0.248 e. The van der Waals surface area contributed by atoms with Crippen LogP contribution in [0, 0.1) is 0 Å². The topological polar surface area (TPSA) is 85.4 Å². The predicted octanol–water partition coefficient (Wildman–Crippen LogP) is 5.01. The average Bonchev–Trinajstić information content (AvgIpc) is 2.78. The number of pyridine rings is 1. The van der Waals surface area contributed by atoms with Crippen molar-refractivity contribution in [3.05, 3.63) is 83.7 Å². The normalized spacial score (nSPS) is 11.4. The molecule has 1 N–H and O–H groups in total. The van der Waals surface area contributed by atoms with E-state index < -0.39 is 9.84 Å². The Morgan fingerprint density at radius 1 is 1.13 bits per heavy atom. The van der Waals surface area contributed by atoms with Gasteiger partial charge in [0, 0.05) is 24.2 Å². The van der Waals surface area contributed by atoms with Crippen molar-refractivity contribution >= 4 is 39.1 Å². The number of sulfone groups is 1. The maximum absolute atomic E-state index is 12.9. The predicted molar refractivity (Wildman–Crippen MR) is 121 cm³/mol. The van der Waals surface area contributed by atoms with Crippen molar-refractivity contribution < 1.29 is 17.9 Å². The molecule has 0 aliphatic carbocycles. The highest BCUT2D eigenvalue weighted by Crippen LogP contribution is 2.30. The van der Waals surface area contributed by atoms with Crippen LogP contribution in [0.25, 0.3) is 6.08 Å². The summed E-state index contributed by atoms with van der Waals surface area (Å²) in [6.07, 6.45) is 7.12. The monoisotopic (exact) mass is 456 g/mol. The van der Waals surface area contributed by atoms with Gasteiger partial charge in [0.1, 0.15) is 5.75 Å². The number of nitrogens with zero attached hydrogens (tertiary/aromatic N) is 1. The van der Waals surface area contributed by atoms with Gasteiger partial charge in [0.15, 0.2) is 0 Å². The third-order valence-electron chi connectivity index (χ3n) is 4.22. The van der Waals surface area contributed by atoms with Crippen LogP contribution in [0.4, 0.5) is 5.69 Å². The van der Waals surface area contributed by atoms with Gasteiger partial charge in [-0.3, -0.25) is 9.78 Å². The number of anilines is 1. The summed E-state index contributed by atoms with van der Waals surface area (Å²) in [6.45, 7) is 2.46. The number of hydrogen-bond donors (Lipinski definition) is 1. The molecule has 1 aromatic heterocycles. The van der Waals surface area contributed by atoms with E-state index in [2.05, 4.69) is 10.3 Å². The molecule has 0 spiro atoms. The van der Waals surface area contributed by atoms with E-state index in [4.69, 9.17) is 16.3 Å². The lowest BCUT2D eigenvalue weighted by molar-refractivity contribution is -0.111. The summed E-state index contributed by atoms with van der Waals surface area (Å²) >= 11 is 6.17. The van der Waals surface area contributed by atoms with Gasteiger partial charge in [0.2, 0.25) is 15.7 Å². The second kappa shape index (κ2) is 10.2. The molecular formula is C23H21ClN2O4S. The number of carbonyl (C=O) groups is 1. The van der Waals surface area contributed by atoms with Gasteiger partial charge in [-0.2, -0.15) is 0 Å². The van der Waals surface area contributed by atoms with Crippen LogP contribution >= 0.6 is 11.6 Å². The number of aromatic nitrogens is 1. The van der Waals surface area contributed by atoms with Crippen LogP contribution in [0.15, 0.2) is 82.9 Å². The Labute approximate surface area is 186 Å². The van der Waals surface area contributed by atoms with Crippen LogP contribution in [-0.2, 0) is 14.6 Å². The number of carbonyl (C=O) groups excluding carboxylic acids is 1. The minimum absolute atomic E-state index is 0.0672. The largest absolute Gasteiger partial charge is 0.492 e. The minimum Gasteiger partial charge on any atom is -0.492 e. The quantitative estimate of drug-likeness (QED) is 0.481. The Bertz CT molecular complexity index is 1180. The van der Waals surface area contributed by atoms with Gasteiger partial charge in [-0.1, -0.05) is 24.6 Å². The lowest BCUT2D eigenvalue weighted by Gasteiger charge is -2.10. The summed E-state index contributed by atoms with van der Waals surface area (Å²) in [6, 6.07) is 13.9. The van der Waals surface area contributed by atoms with Gasteiger partial charge in [0.25, 0.3) is 0 Å². The second-order valence-corrected chi connectivity index (χ2v) is 8.93. The zero-order valence-corrected chi connectivity index (χ0v) is 18.4. The van der Waals surface area contributed by atoms with Crippen LogP contribution in [-0.4, -0.2) is 25.9 Å². The molecule has 0 atom stereocenters. The zero-order valence-electron chi connectivity index (χ0n) is 16.8. The van der Waals surface area contributed by atoms with Crippen molar-refractivity contribution in [3.63, 3.8) is 0 Å². The van der Waals surface area contributed by atoms with E-state index in [-0.39, 0.29) is 20.7 Å². The molecule has 160 valence electrons. The van der Waals surface area contributed by atoms with Gasteiger partial charge in [-0.05, 0) is 66.6 Å². The minimum atomic E-state index is -3.76.